The Hall–Kier alpha value is -17.1. The number of fused-ring (bicyclic) bond motifs is 6. The molecule has 0 aliphatic carbocycles. The zero-order chi connectivity index (χ0) is 102. The number of aromatic hydroxyl groups is 1. The second-order valence-electron chi connectivity index (χ2n) is 37.8. The largest absolute Gasteiger partial charge is 0.508 e. The first kappa shape index (κ1) is 101. The van der Waals surface area contributed by atoms with E-state index in [4.69, 9.17) is 33.2 Å². The van der Waals surface area contributed by atoms with Crippen molar-refractivity contribution >= 4 is 34.1 Å². The fraction of sp³-hybridized carbons (Fsp3) is 0.191. The predicted molar refractivity (Wildman–Crippen MR) is 601 cm³/mol. The number of phenolic OH excluding ortho intramolecular Hbond substituents is 1. The highest BCUT2D eigenvalue weighted by atomic mass is 19.1. The number of benzene rings is 16. The van der Waals surface area contributed by atoms with Gasteiger partial charge in [-0.25, -0.2) is 9.37 Å². The Bertz CT molecular complexity index is 6960. The van der Waals surface area contributed by atoms with Crippen molar-refractivity contribution in [2.24, 2.45) is 0 Å². The van der Waals surface area contributed by atoms with Crippen LogP contribution in [0.4, 0.5) is 42.9 Å². The Labute approximate surface area is 873 Å². The molecule has 0 saturated heterocycles. The zero-order valence-corrected chi connectivity index (χ0v) is 85.5. The number of phenols is 1. The first-order valence-corrected chi connectivity index (χ1v) is 51.0. The lowest BCUT2D eigenvalue weighted by atomic mass is 10.00. The monoisotopic (exact) mass is 1970 g/mol. The van der Waals surface area contributed by atoms with Crippen molar-refractivity contribution in [1.82, 2.24) is 9.97 Å². The molecule has 6 aliphatic rings. The molecule has 2 aromatic heterocycles. The van der Waals surface area contributed by atoms with Crippen LogP contribution in [0.1, 0.15) is 66.8 Å². The summed E-state index contributed by atoms with van der Waals surface area (Å²) in [5.74, 6) is 5.86. The molecule has 6 aliphatic heterocycles. The molecule has 149 heavy (non-hydrogen) atoms. The van der Waals surface area contributed by atoms with Gasteiger partial charge in [-0.05, 0) is 267 Å². The molecule has 0 bridgehead atoms. The van der Waals surface area contributed by atoms with Crippen molar-refractivity contribution in [3.63, 3.8) is 0 Å². The number of rotatable bonds is 25. The molecule has 24 rings (SSSR count). The molecular weight excluding hydrogens is 1850 g/mol. The van der Waals surface area contributed by atoms with Crippen molar-refractivity contribution in [3.05, 3.63) is 479 Å². The molecule has 0 atom stereocenters. The van der Waals surface area contributed by atoms with E-state index in [0.29, 0.717) is 5.75 Å². The van der Waals surface area contributed by atoms with Gasteiger partial charge in [-0.1, -0.05) is 249 Å². The van der Waals surface area contributed by atoms with E-state index in [1.54, 1.807) is 74.2 Å². The average Bonchev–Trinajstić information content (AvgIpc) is 1.69. The van der Waals surface area contributed by atoms with Crippen LogP contribution in [0.25, 0.3) is 66.8 Å². The van der Waals surface area contributed by atoms with Crippen molar-refractivity contribution in [3.8, 4) is 113 Å². The lowest BCUT2D eigenvalue weighted by Crippen LogP contribution is -2.20. The molecule has 8 heterocycles. The Morgan fingerprint density at radius 3 is 0.678 bits per heavy atom. The zero-order valence-electron chi connectivity index (χ0n) is 85.5. The topological polar surface area (TPSA) is 130 Å². The third-order valence-electron chi connectivity index (χ3n) is 28.6. The number of anilines is 6. The number of hydrogen-bond donors (Lipinski definition) is 1. The van der Waals surface area contributed by atoms with Gasteiger partial charge in [-0.3, -0.25) is 4.98 Å². The number of aromatic nitrogens is 2. The summed E-state index contributed by atoms with van der Waals surface area (Å²) < 4.78 is 63.2. The maximum atomic E-state index is 13.3. The van der Waals surface area contributed by atoms with Crippen LogP contribution in [0.3, 0.4) is 0 Å². The van der Waals surface area contributed by atoms with Gasteiger partial charge in [0, 0.05) is 170 Å². The fourth-order valence-electron chi connectivity index (χ4n) is 21.0. The summed E-state index contributed by atoms with van der Waals surface area (Å²) in [6, 6.07) is 129. The number of hydrogen-bond acceptors (Lipinski definition) is 16. The molecule has 0 radical (unpaired) electrons. The van der Waals surface area contributed by atoms with E-state index in [-0.39, 0.29) is 5.82 Å². The molecule has 0 spiro atoms. The van der Waals surface area contributed by atoms with Gasteiger partial charge in [0.2, 0.25) is 5.95 Å². The van der Waals surface area contributed by atoms with E-state index < -0.39 is 5.95 Å². The van der Waals surface area contributed by atoms with Gasteiger partial charge in [0.05, 0.1) is 49.8 Å². The van der Waals surface area contributed by atoms with Gasteiger partial charge in [0.15, 0.2) is 0 Å². The summed E-state index contributed by atoms with van der Waals surface area (Å²) in [4.78, 5) is 22.7. The van der Waals surface area contributed by atoms with Crippen LogP contribution in [-0.4, -0.2) is 104 Å². The van der Waals surface area contributed by atoms with E-state index >= 15 is 0 Å². The summed E-state index contributed by atoms with van der Waals surface area (Å²) in [7, 11) is 11.9. The van der Waals surface area contributed by atoms with E-state index in [1.165, 1.54) is 164 Å². The van der Waals surface area contributed by atoms with Gasteiger partial charge < -0.3 is 67.7 Å². The van der Waals surface area contributed by atoms with Gasteiger partial charge in [0.1, 0.15) is 51.8 Å². The maximum Gasteiger partial charge on any atom is 0.212 e. The summed E-state index contributed by atoms with van der Waals surface area (Å²) in [5.41, 5.74) is 38.2. The van der Waals surface area contributed by atoms with Crippen LogP contribution >= 0.6 is 0 Å². The molecule has 16 nitrogen and oxygen atoms in total. The highest BCUT2D eigenvalue weighted by Gasteiger charge is 2.31. The van der Waals surface area contributed by atoms with Crippen LogP contribution in [0.2, 0.25) is 0 Å². The summed E-state index contributed by atoms with van der Waals surface area (Å²) in [6.07, 6.45) is 11.8. The smallest absolute Gasteiger partial charge is 0.212 e. The van der Waals surface area contributed by atoms with Crippen molar-refractivity contribution in [2.75, 3.05) is 118 Å². The molecular formula is C131H124F2N8O8. The molecule has 1 N–H and O–H groups in total. The van der Waals surface area contributed by atoms with Gasteiger partial charge in [-0.15, -0.1) is 0 Å². The minimum absolute atomic E-state index is 0.202. The summed E-state index contributed by atoms with van der Waals surface area (Å²) >= 11 is 0. The second kappa shape index (κ2) is 48.3. The second-order valence-corrected chi connectivity index (χ2v) is 37.8. The number of nitrogens with zero attached hydrogens (tertiary/aromatic N) is 8. The van der Waals surface area contributed by atoms with E-state index in [1.807, 2.05) is 122 Å². The third kappa shape index (κ3) is 24.3. The Morgan fingerprint density at radius 1 is 0.221 bits per heavy atom. The van der Waals surface area contributed by atoms with Crippen LogP contribution in [0.5, 0.6) is 46.0 Å². The highest BCUT2D eigenvalue weighted by Crippen LogP contribution is 2.47. The highest BCUT2D eigenvalue weighted by molar-refractivity contribution is 5.88. The van der Waals surface area contributed by atoms with Crippen molar-refractivity contribution in [2.45, 2.75) is 77.8 Å². The fourth-order valence-corrected chi connectivity index (χ4v) is 21.0. The quantitative estimate of drug-likeness (QED) is 0.0544. The standard InChI is InChI=1S/C23H23NO2.C22H20FNO.C22H21NO2.C22H21NO.C21H19FN2O.C21H20N2O/c1-25-20-10-6-17(7-11-20)16-24-15-14-19-4-3-5-22(23(19)24)18-8-12-21(26-2)13-9-18;1-25-20-11-5-16(6-12-20)15-24-14-13-18-3-2-4-21(22(18)24)17-7-9-19(23)10-8-17;1-25-20-11-5-16(6-12-20)15-23-14-13-18-3-2-4-21(22(18)23)17-7-9-19(24)10-8-17;1-24-20-12-10-17(11-13-20)16-23-15-14-19-8-5-9-21(22(19)23)18-6-3-2-4-7-18;1-25-18-8-5-15(6-9-18)14-24-12-11-16-3-2-4-19(21(16)24)17-7-10-20(22)23-13-17;1-24-19-7-5-16(6-8-19)15-23-14-11-18-3-2-4-20(21(18)23)17-9-12-22-13-10-17/h3-13H,14-16H2,1-2H3;2-12H,13-15H2,1H3;2-12,24H,13-15H2,1H3;2-13H,14-16H2,1H3;2-10,13H,11-12,14H2,1H3;2-10,12-13H,11,14-15H2,1H3. The van der Waals surface area contributed by atoms with Crippen LogP contribution < -0.4 is 62.6 Å². The SMILES string of the molecule is COc1ccc(CN2CCc3cccc(-c4ccc(F)cc4)c32)cc1.COc1ccc(CN2CCc3cccc(-c4ccc(F)nc4)c32)cc1.COc1ccc(CN2CCc3cccc(-c4ccc(O)cc4)c32)cc1.COc1ccc(CN2CCc3cccc(-c4ccc(OC)cc4)c32)cc1.COc1ccc(CN2CCc3cccc(-c4ccccc4)c32)cc1.COc1ccc(CN2CCc3cccc(-c4ccncc4)c32)cc1. The van der Waals surface area contributed by atoms with Crippen LogP contribution in [0, 0.1) is 11.8 Å². The first-order chi connectivity index (χ1) is 73.2. The lowest BCUT2D eigenvalue weighted by Gasteiger charge is -2.23. The normalized spacial score (nSPS) is 12.9. The molecule has 0 unspecified atom stereocenters. The van der Waals surface area contributed by atoms with Crippen LogP contribution in [0.15, 0.2) is 401 Å². The molecule has 16 aromatic carbocycles. The Balaban J connectivity index is 0.000000112. The molecule has 18 heteroatoms. The number of para-hydroxylation sites is 6. The lowest BCUT2D eigenvalue weighted by molar-refractivity contribution is 0.414. The first-order valence-electron chi connectivity index (χ1n) is 51.0. The number of halogens is 2. The molecule has 0 fully saturated rings. The maximum absolute atomic E-state index is 13.3. The van der Waals surface area contributed by atoms with E-state index in [9.17, 15) is 13.9 Å². The number of methoxy groups -OCH3 is 7. The van der Waals surface area contributed by atoms with E-state index in [0.717, 1.165) is 180 Å². The minimum atomic E-state index is -0.452. The van der Waals surface area contributed by atoms with Crippen molar-refractivity contribution in [1.29, 1.82) is 0 Å². The number of ether oxygens (including phenoxy) is 7. The minimum Gasteiger partial charge on any atom is -0.508 e. The average molecular weight is 1980 g/mol. The molecule has 0 saturated carbocycles. The van der Waals surface area contributed by atoms with Crippen molar-refractivity contribution < 1.29 is 47.0 Å². The summed E-state index contributed by atoms with van der Waals surface area (Å²) in [5, 5.41) is 9.57. The van der Waals surface area contributed by atoms with Crippen LogP contribution in [-0.2, 0) is 77.8 Å². The molecule has 750 valence electrons. The Morgan fingerprint density at radius 2 is 0.436 bits per heavy atom. The molecule has 18 aromatic rings. The Kier molecular flexibility index (Phi) is 32.6. The van der Waals surface area contributed by atoms with Gasteiger partial charge in [0.25, 0.3) is 0 Å². The third-order valence-corrected chi connectivity index (χ3v) is 28.6. The molecule has 0 amide bonds. The van der Waals surface area contributed by atoms with Gasteiger partial charge in [-0.2, -0.15) is 4.39 Å². The number of pyridine rings is 2. The predicted octanol–water partition coefficient (Wildman–Crippen LogP) is 28.3. The summed E-state index contributed by atoms with van der Waals surface area (Å²) in [6.45, 7) is 11.5. The van der Waals surface area contributed by atoms with Gasteiger partial charge >= 0.3 is 0 Å². The van der Waals surface area contributed by atoms with E-state index in [2.05, 4.69) is 276 Å².